The van der Waals surface area contributed by atoms with E-state index in [4.69, 9.17) is 14.2 Å². The Kier molecular flexibility index (Phi) is 5.61. The molecule has 1 spiro atoms. The molecule has 2 rings (SSSR count). The summed E-state index contributed by atoms with van der Waals surface area (Å²) in [7, 11) is 0. The fraction of sp³-hybridized carbons (Fsp3) is 0.947. The first-order chi connectivity index (χ1) is 11.5. The molecule has 2 fully saturated rings. The van der Waals surface area contributed by atoms with Crippen molar-refractivity contribution in [3.05, 3.63) is 0 Å². The predicted octanol–water partition coefficient (Wildman–Crippen LogP) is 3.37. The molecule has 0 aliphatic carbocycles. The van der Waals surface area contributed by atoms with Crippen LogP contribution in [-0.4, -0.2) is 52.9 Å². The summed E-state index contributed by atoms with van der Waals surface area (Å²) in [5.41, 5.74) is -1.20. The zero-order chi connectivity index (χ0) is 19.1. The van der Waals surface area contributed by atoms with Gasteiger partial charge in [0.05, 0.1) is 18.8 Å². The second-order valence-electron chi connectivity index (χ2n) is 8.75. The van der Waals surface area contributed by atoms with E-state index >= 15 is 0 Å². The van der Waals surface area contributed by atoms with Crippen molar-refractivity contribution in [2.75, 3.05) is 19.8 Å². The van der Waals surface area contributed by atoms with E-state index in [1.165, 1.54) is 12.0 Å². The van der Waals surface area contributed by atoms with Gasteiger partial charge < -0.3 is 19.4 Å². The van der Waals surface area contributed by atoms with Crippen molar-refractivity contribution < 1.29 is 24.2 Å². The Morgan fingerprint density at radius 1 is 1.20 bits per heavy atom. The molecular formula is C19H35NO5. The fourth-order valence-corrected chi connectivity index (χ4v) is 4.15. The highest BCUT2D eigenvalue weighted by atomic mass is 16.7. The molecule has 0 radical (unpaired) electrons. The number of hydroxylamine groups is 2. The molecule has 0 aromatic heterocycles. The summed E-state index contributed by atoms with van der Waals surface area (Å²) in [6.45, 7) is 15.0. The Morgan fingerprint density at radius 2 is 1.76 bits per heavy atom. The summed E-state index contributed by atoms with van der Waals surface area (Å²) in [6, 6.07) is 0. The van der Waals surface area contributed by atoms with Crippen LogP contribution in [0.1, 0.15) is 67.7 Å². The third-order valence-electron chi connectivity index (χ3n) is 6.65. The number of ether oxygens (including phenoxy) is 3. The van der Waals surface area contributed by atoms with Gasteiger partial charge in [0.1, 0.15) is 6.61 Å². The number of carbonyl (C=O) groups is 1. The van der Waals surface area contributed by atoms with Crippen LogP contribution in [-0.2, 0) is 19.0 Å². The van der Waals surface area contributed by atoms with Crippen LogP contribution in [0.2, 0.25) is 0 Å². The molecule has 6 nitrogen and oxygen atoms in total. The Balaban J connectivity index is 2.24. The summed E-state index contributed by atoms with van der Waals surface area (Å²) >= 11 is 0. The molecule has 3 atom stereocenters. The first-order valence-electron chi connectivity index (χ1n) is 9.37. The van der Waals surface area contributed by atoms with Gasteiger partial charge >= 0.3 is 5.97 Å². The van der Waals surface area contributed by atoms with Gasteiger partial charge in [0, 0.05) is 30.2 Å². The molecule has 2 aliphatic heterocycles. The van der Waals surface area contributed by atoms with Crippen molar-refractivity contribution in [1.82, 2.24) is 5.06 Å². The van der Waals surface area contributed by atoms with Crippen molar-refractivity contribution in [2.24, 2.45) is 11.3 Å². The molecule has 1 N–H and O–H groups in total. The summed E-state index contributed by atoms with van der Waals surface area (Å²) < 4.78 is 17.9. The summed E-state index contributed by atoms with van der Waals surface area (Å²) in [5, 5.41) is 12.5. The maximum atomic E-state index is 11.1. The third kappa shape index (κ3) is 3.46. The van der Waals surface area contributed by atoms with Crippen LogP contribution in [0.15, 0.2) is 0 Å². The average Bonchev–Trinajstić information content (AvgIpc) is 2.59. The molecule has 0 bridgehead atoms. The monoisotopic (exact) mass is 357 g/mol. The van der Waals surface area contributed by atoms with Crippen LogP contribution in [0.3, 0.4) is 0 Å². The van der Waals surface area contributed by atoms with Gasteiger partial charge in [-0.25, -0.2) is 0 Å². The van der Waals surface area contributed by atoms with Gasteiger partial charge in [-0.1, -0.05) is 27.7 Å². The molecule has 0 saturated carbocycles. The zero-order valence-corrected chi connectivity index (χ0v) is 16.8. The Morgan fingerprint density at radius 3 is 2.20 bits per heavy atom. The van der Waals surface area contributed by atoms with E-state index < -0.39 is 16.9 Å². The molecular weight excluding hydrogens is 322 g/mol. The van der Waals surface area contributed by atoms with E-state index in [1.54, 1.807) is 0 Å². The minimum Gasteiger partial charge on any atom is -0.465 e. The van der Waals surface area contributed by atoms with E-state index in [0.717, 1.165) is 12.8 Å². The van der Waals surface area contributed by atoms with Crippen LogP contribution in [0.25, 0.3) is 0 Å². The molecule has 2 heterocycles. The smallest absolute Gasteiger partial charge is 0.302 e. The normalized spacial score (nSPS) is 45.5. The second-order valence-corrected chi connectivity index (χ2v) is 8.75. The quantitative estimate of drug-likeness (QED) is 0.778. The number of hydrogen-bond acceptors (Lipinski definition) is 6. The average molecular weight is 357 g/mol. The van der Waals surface area contributed by atoms with E-state index in [1.807, 2.05) is 6.92 Å². The molecule has 0 aromatic rings. The van der Waals surface area contributed by atoms with Crippen molar-refractivity contribution in [1.29, 1.82) is 0 Å². The lowest BCUT2D eigenvalue weighted by molar-refractivity contribution is -0.401. The lowest BCUT2D eigenvalue weighted by Gasteiger charge is -2.63. The SMILES string of the molecule is CCC1(C)CC2(OCC(C)(COC(C)=O)CO2)C(C)C(C)(CC)N1O. The predicted molar refractivity (Wildman–Crippen MR) is 94.2 cm³/mol. The molecule has 0 aromatic carbocycles. The van der Waals surface area contributed by atoms with Crippen LogP contribution in [0, 0.1) is 11.3 Å². The topological polar surface area (TPSA) is 68.2 Å². The summed E-state index contributed by atoms with van der Waals surface area (Å²) in [6.07, 6.45) is 2.19. The number of piperidine rings is 1. The van der Waals surface area contributed by atoms with Crippen LogP contribution in [0.5, 0.6) is 0 Å². The molecule has 25 heavy (non-hydrogen) atoms. The number of esters is 1. The zero-order valence-electron chi connectivity index (χ0n) is 16.8. The first kappa shape index (κ1) is 20.6. The van der Waals surface area contributed by atoms with E-state index in [-0.39, 0.29) is 23.9 Å². The second kappa shape index (κ2) is 6.80. The van der Waals surface area contributed by atoms with Gasteiger partial charge in [0.25, 0.3) is 0 Å². The van der Waals surface area contributed by atoms with E-state index in [2.05, 4.69) is 34.6 Å². The molecule has 2 saturated heterocycles. The lowest BCUT2D eigenvalue weighted by Crippen LogP contribution is -2.73. The van der Waals surface area contributed by atoms with Gasteiger partial charge in [-0.15, -0.1) is 0 Å². The maximum absolute atomic E-state index is 11.1. The molecule has 3 unspecified atom stereocenters. The molecule has 146 valence electrons. The number of carbonyl (C=O) groups excluding carboxylic acids is 1. The van der Waals surface area contributed by atoms with E-state index in [0.29, 0.717) is 19.6 Å². The summed E-state index contributed by atoms with van der Waals surface area (Å²) in [5.74, 6) is -1.03. The fourth-order valence-electron chi connectivity index (χ4n) is 4.15. The van der Waals surface area contributed by atoms with Gasteiger partial charge in [-0.2, -0.15) is 5.06 Å². The molecule has 0 amide bonds. The van der Waals surface area contributed by atoms with Crippen molar-refractivity contribution in [3.63, 3.8) is 0 Å². The highest BCUT2D eigenvalue weighted by Crippen LogP contribution is 2.53. The van der Waals surface area contributed by atoms with Crippen LogP contribution in [0.4, 0.5) is 0 Å². The van der Waals surface area contributed by atoms with Gasteiger partial charge in [0.2, 0.25) is 0 Å². The first-order valence-corrected chi connectivity index (χ1v) is 9.37. The minimum atomic E-state index is -0.732. The number of rotatable bonds is 4. The van der Waals surface area contributed by atoms with E-state index in [9.17, 15) is 10.0 Å². The minimum absolute atomic E-state index is 0.00657. The van der Waals surface area contributed by atoms with Crippen LogP contribution < -0.4 is 0 Å². The van der Waals surface area contributed by atoms with Gasteiger partial charge in [-0.3, -0.25) is 4.79 Å². The van der Waals surface area contributed by atoms with Crippen LogP contribution >= 0.6 is 0 Å². The lowest BCUT2D eigenvalue weighted by atomic mass is 9.67. The summed E-state index contributed by atoms with van der Waals surface area (Å²) in [4.78, 5) is 11.1. The van der Waals surface area contributed by atoms with Crippen molar-refractivity contribution in [2.45, 2.75) is 84.6 Å². The molecule has 2 aliphatic rings. The van der Waals surface area contributed by atoms with Crippen molar-refractivity contribution in [3.8, 4) is 0 Å². The van der Waals surface area contributed by atoms with Crippen molar-refractivity contribution >= 4 is 5.97 Å². The third-order valence-corrected chi connectivity index (χ3v) is 6.65. The Bertz CT molecular complexity index is 502. The number of hydrogen-bond donors (Lipinski definition) is 1. The van der Waals surface area contributed by atoms with Gasteiger partial charge in [0.15, 0.2) is 5.79 Å². The highest BCUT2D eigenvalue weighted by Gasteiger charge is 2.62. The van der Waals surface area contributed by atoms with Gasteiger partial charge in [-0.05, 0) is 26.7 Å². The highest BCUT2D eigenvalue weighted by molar-refractivity contribution is 5.65. The maximum Gasteiger partial charge on any atom is 0.302 e. The number of nitrogens with zero attached hydrogens (tertiary/aromatic N) is 1. The standard InChI is InChI=1S/C19H35NO5/c1-8-17(6)10-19(14(3)18(7,9-2)20(17)22)24-12-16(5,13-25-19)11-23-15(4)21/h14,22H,8-13H2,1-7H3. The Labute approximate surface area is 151 Å². The Hall–Kier alpha value is -0.690. The molecule has 6 heteroatoms. The largest absolute Gasteiger partial charge is 0.465 e.